The smallest absolute Gasteiger partial charge is 0.257 e. The van der Waals surface area contributed by atoms with E-state index in [0.29, 0.717) is 10.3 Å². The Balaban J connectivity index is 3.74. The van der Waals surface area contributed by atoms with Crippen LogP contribution in [0.2, 0.25) is 0 Å². The Bertz CT molecular complexity index is 354. The van der Waals surface area contributed by atoms with Gasteiger partial charge in [0, 0.05) is 19.7 Å². The Kier molecular flexibility index (Phi) is 1.95. The van der Waals surface area contributed by atoms with Crippen LogP contribution in [0, 0.1) is 17.9 Å². The molecule has 0 aromatic carbocycles. The van der Waals surface area contributed by atoms with Gasteiger partial charge in [0.15, 0.2) is 4.77 Å². The first kappa shape index (κ1) is 8.20. The second-order valence-corrected chi connectivity index (χ2v) is 2.81. The minimum absolute atomic E-state index is 0.0758. The van der Waals surface area contributed by atoms with Crippen LogP contribution in [0.4, 0.5) is 0 Å². The Morgan fingerprint density at radius 1 is 1.45 bits per heavy atom. The predicted molar refractivity (Wildman–Crippen MR) is 45.1 cm³/mol. The van der Waals surface area contributed by atoms with Crippen molar-refractivity contribution < 1.29 is 0 Å². The molecule has 1 heterocycles. The van der Waals surface area contributed by atoms with Gasteiger partial charge in [-0.3, -0.25) is 9.36 Å². The van der Waals surface area contributed by atoms with Crippen LogP contribution in [0.25, 0.3) is 0 Å². The van der Waals surface area contributed by atoms with Crippen molar-refractivity contribution in [3.63, 3.8) is 0 Å². The summed E-state index contributed by atoms with van der Waals surface area (Å²) in [6.45, 7) is 1.72. The van der Waals surface area contributed by atoms with Crippen LogP contribution in [0.5, 0.6) is 0 Å². The zero-order chi connectivity index (χ0) is 8.59. The van der Waals surface area contributed by atoms with Crippen LogP contribution in [0.1, 0.15) is 5.56 Å². The van der Waals surface area contributed by atoms with Gasteiger partial charge in [-0.1, -0.05) is 0 Å². The molecule has 0 saturated carbocycles. The summed E-state index contributed by atoms with van der Waals surface area (Å²) in [6, 6.07) is 0. The molecule has 0 aliphatic carbocycles. The molecule has 0 aliphatic rings. The van der Waals surface area contributed by atoms with Gasteiger partial charge in [-0.05, 0) is 19.1 Å². The van der Waals surface area contributed by atoms with Gasteiger partial charge in [-0.25, -0.2) is 0 Å². The summed E-state index contributed by atoms with van der Waals surface area (Å²) in [6.07, 6.45) is 2.83. The van der Waals surface area contributed by atoms with Crippen LogP contribution in [0.3, 0.4) is 0 Å². The molecule has 1 aromatic rings. The lowest BCUT2D eigenvalue weighted by Gasteiger charge is -2.03. The molecule has 1 aromatic heterocycles. The molecule has 0 bridgehead atoms. The van der Waals surface area contributed by atoms with Gasteiger partial charge < -0.3 is 4.57 Å². The van der Waals surface area contributed by atoms with Gasteiger partial charge in [0.25, 0.3) is 5.56 Å². The van der Waals surface area contributed by atoms with Crippen molar-refractivity contribution in [2.45, 2.75) is 6.92 Å². The lowest BCUT2D eigenvalue weighted by molar-refractivity contribution is 0.703. The average molecular weight is 169 g/mol. The second-order valence-electron chi connectivity index (χ2n) is 2.44. The fourth-order valence-corrected chi connectivity index (χ4v) is 1.04. The van der Waals surface area contributed by atoms with E-state index in [1.165, 1.54) is 4.57 Å². The maximum absolute atomic E-state index is 11.2. The minimum atomic E-state index is -0.0758. The van der Waals surface area contributed by atoms with Crippen LogP contribution in [-0.4, -0.2) is 9.13 Å². The number of rotatable bonds is 0. The molecule has 4 heteroatoms. The zero-order valence-corrected chi connectivity index (χ0v) is 7.53. The van der Waals surface area contributed by atoms with E-state index in [2.05, 4.69) is 6.20 Å². The standard InChI is InChI=1S/C7H9N2OS/c1-5-4-8(2)7(11)9(3)6(5)10/h1-3H3. The van der Waals surface area contributed by atoms with Gasteiger partial charge >= 0.3 is 0 Å². The maximum atomic E-state index is 11.2. The predicted octanol–water partition coefficient (Wildman–Crippen LogP) is 0.562. The number of aromatic nitrogens is 2. The van der Waals surface area contributed by atoms with Crippen molar-refractivity contribution >= 4 is 12.2 Å². The molecule has 0 fully saturated rings. The summed E-state index contributed by atoms with van der Waals surface area (Å²) < 4.78 is 3.55. The van der Waals surface area contributed by atoms with Crippen LogP contribution in [0.15, 0.2) is 4.79 Å². The molecule has 0 spiro atoms. The zero-order valence-electron chi connectivity index (χ0n) is 6.71. The lowest BCUT2D eigenvalue weighted by atomic mass is 10.4. The van der Waals surface area contributed by atoms with Crippen molar-refractivity contribution in [1.29, 1.82) is 0 Å². The third-order valence-electron chi connectivity index (χ3n) is 1.53. The molecule has 1 rings (SSSR count). The Hall–Kier alpha value is -0.900. The van der Waals surface area contributed by atoms with Crippen molar-refractivity contribution in [2.75, 3.05) is 0 Å². The summed E-state index contributed by atoms with van der Waals surface area (Å²) in [5.74, 6) is 0. The number of hydrogen-bond donors (Lipinski definition) is 0. The van der Waals surface area contributed by atoms with Gasteiger partial charge in [0.05, 0.1) is 6.20 Å². The summed E-state index contributed by atoms with van der Waals surface area (Å²) in [5, 5.41) is 0. The summed E-state index contributed by atoms with van der Waals surface area (Å²) in [7, 11) is 3.43. The van der Waals surface area contributed by atoms with Gasteiger partial charge in [0.1, 0.15) is 0 Å². The first-order valence-electron chi connectivity index (χ1n) is 3.20. The normalized spacial score (nSPS) is 10.1. The van der Waals surface area contributed by atoms with Crippen LogP contribution >= 0.6 is 12.2 Å². The fourth-order valence-electron chi connectivity index (χ4n) is 0.911. The second kappa shape index (κ2) is 2.62. The van der Waals surface area contributed by atoms with Gasteiger partial charge in [0.2, 0.25) is 0 Å². The SMILES string of the molecule is Cc1[c]n(C)c(=S)n(C)c1=O. The van der Waals surface area contributed by atoms with E-state index in [-0.39, 0.29) is 5.56 Å². The van der Waals surface area contributed by atoms with E-state index in [4.69, 9.17) is 12.2 Å². The van der Waals surface area contributed by atoms with E-state index in [1.54, 1.807) is 25.6 Å². The Morgan fingerprint density at radius 2 is 2.00 bits per heavy atom. The van der Waals surface area contributed by atoms with Gasteiger partial charge in [-0.15, -0.1) is 0 Å². The van der Waals surface area contributed by atoms with E-state index >= 15 is 0 Å². The molecule has 0 atom stereocenters. The molecule has 0 amide bonds. The largest absolute Gasteiger partial charge is 0.319 e. The first-order valence-corrected chi connectivity index (χ1v) is 3.61. The highest BCUT2D eigenvalue weighted by Crippen LogP contribution is 1.88. The van der Waals surface area contributed by atoms with Crippen molar-refractivity contribution in [3.8, 4) is 0 Å². The molecule has 0 N–H and O–H groups in total. The van der Waals surface area contributed by atoms with Crippen LogP contribution < -0.4 is 5.56 Å². The van der Waals surface area contributed by atoms with E-state index in [0.717, 1.165) is 0 Å². The topological polar surface area (TPSA) is 26.9 Å². The summed E-state index contributed by atoms with van der Waals surface area (Å²) >= 11 is 4.94. The third-order valence-corrected chi connectivity index (χ3v) is 2.08. The molecule has 3 nitrogen and oxygen atoms in total. The van der Waals surface area contributed by atoms with E-state index in [1.807, 2.05) is 0 Å². The van der Waals surface area contributed by atoms with Crippen molar-refractivity contribution in [1.82, 2.24) is 9.13 Å². The van der Waals surface area contributed by atoms with Crippen molar-refractivity contribution in [2.24, 2.45) is 14.1 Å². The van der Waals surface area contributed by atoms with Crippen LogP contribution in [-0.2, 0) is 14.1 Å². The first-order chi connectivity index (χ1) is 5.04. The Labute approximate surface area is 69.9 Å². The monoisotopic (exact) mass is 169 g/mol. The molecule has 59 valence electrons. The molecule has 11 heavy (non-hydrogen) atoms. The summed E-state index contributed by atoms with van der Waals surface area (Å²) in [4.78, 5) is 11.2. The molecular weight excluding hydrogens is 160 g/mol. The quantitative estimate of drug-likeness (QED) is 0.531. The summed E-state index contributed by atoms with van der Waals surface area (Å²) in [5.41, 5.74) is 0.511. The number of aryl methyl sites for hydroxylation is 2. The third kappa shape index (κ3) is 1.26. The highest BCUT2D eigenvalue weighted by molar-refractivity contribution is 7.71. The van der Waals surface area contributed by atoms with Gasteiger partial charge in [-0.2, -0.15) is 0 Å². The van der Waals surface area contributed by atoms with Crippen molar-refractivity contribution in [3.05, 3.63) is 26.9 Å². The fraction of sp³-hybridized carbons (Fsp3) is 0.429. The van der Waals surface area contributed by atoms with E-state index < -0.39 is 0 Å². The Morgan fingerprint density at radius 3 is 2.55 bits per heavy atom. The average Bonchev–Trinajstić information content (AvgIpc) is 1.97. The minimum Gasteiger partial charge on any atom is -0.319 e. The molecule has 1 radical (unpaired) electrons. The van der Waals surface area contributed by atoms with E-state index in [9.17, 15) is 4.79 Å². The lowest BCUT2D eigenvalue weighted by Crippen LogP contribution is -2.23. The highest BCUT2D eigenvalue weighted by Gasteiger charge is 1.98. The molecule has 0 unspecified atom stereocenters. The molecule has 0 saturated heterocycles. The molecule has 0 aliphatic heterocycles. The molecular formula is C7H9N2OS. The number of nitrogens with zero attached hydrogens (tertiary/aromatic N) is 2. The number of hydrogen-bond acceptors (Lipinski definition) is 2. The highest BCUT2D eigenvalue weighted by atomic mass is 32.1. The maximum Gasteiger partial charge on any atom is 0.257 e.